The molecule has 1 aliphatic rings. The number of para-hydroxylation sites is 1. The van der Waals surface area contributed by atoms with E-state index in [0.29, 0.717) is 27.9 Å². The molecule has 0 aromatic heterocycles. The van der Waals surface area contributed by atoms with Gasteiger partial charge in [-0.1, -0.05) is 41.4 Å². The minimum Gasteiger partial charge on any atom is -0.482 e. The van der Waals surface area contributed by atoms with E-state index in [4.69, 9.17) is 32.7 Å². The van der Waals surface area contributed by atoms with E-state index in [1.165, 1.54) is 7.11 Å². The lowest BCUT2D eigenvalue weighted by atomic mass is 9.86. The van der Waals surface area contributed by atoms with Crippen molar-refractivity contribution in [2.45, 2.75) is 25.3 Å². The van der Waals surface area contributed by atoms with E-state index in [1.54, 1.807) is 23.1 Å². The van der Waals surface area contributed by atoms with E-state index in [9.17, 15) is 9.59 Å². The Morgan fingerprint density at radius 3 is 2.63 bits per heavy atom. The first kappa shape index (κ1) is 19.5. The van der Waals surface area contributed by atoms with Gasteiger partial charge in [-0.25, -0.2) is 0 Å². The van der Waals surface area contributed by atoms with Crippen LogP contribution in [0.1, 0.15) is 24.8 Å². The maximum absolute atomic E-state index is 12.9. The zero-order valence-corrected chi connectivity index (χ0v) is 16.5. The molecule has 2 unspecified atom stereocenters. The number of amides is 1. The van der Waals surface area contributed by atoms with Gasteiger partial charge < -0.3 is 14.4 Å². The van der Waals surface area contributed by atoms with Gasteiger partial charge in [0, 0.05) is 16.8 Å². The molecule has 142 valence electrons. The Hall–Kier alpha value is -2.24. The monoisotopic (exact) mass is 407 g/mol. The third-order valence-electron chi connectivity index (χ3n) is 4.59. The second kappa shape index (κ2) is 8.19. The van der Waals surface area contributed by atoms with E-state index in [1.807, 2.05) is 31.2 Å². The molecule has 2 atom stereocenters. The first-order valence-corrected chi connectivity index (χ1v) is 9.24. The average molecular weight is 408 g/mol. The van der Waals surface area contributed by atoms with Gasteiger partial charge in [-0.05, 0) is 43.2 Å². The van der Waals surface area contributed by atoms with Crippen LogP contribution < -0.4 is 9.64 Å². The molecule has 1 aliphatic heterocycles. The highest BCUT2D eigenvalue weighted by molar-refractivity contribution is 6.35. The number of fused-ring (bicyclic) bond motifs is 1. The van der Waals surface area contributed by atoms with Crippen LogP contribution in [0.2, 0.25) is 10.0 Å². The molecule has 0 radical (unpaired) electrons. The van der Waals surface area contributed by atoms with Crippen molar-refractivity contribution in [3.63, 3.8) is 0 Å². The molecule has 2 aromatic carbocycles. The molecular weight excluding hydrogens is 389 g/mol. The Morgan fingerprint density at radius 1 is 1.19 bits per heavy atom. The molecule has 0 bridgehead atoms. The van der Waals surface area contributed by atoms with Crippen LogP contribution in [0.15, 0.2) is 42.5 Å². The van der Waals surface area contributed by atoms with Crippen molar-refractivity contribution in [1.82, 2.24) is 0 Å². The number of benzene rings is 2. The number of hydrogen-bond donors (Lipinski definition) is 0. The average Bonchev–Trinajstić information content (AvgIpc) is 2.65. The fraction of sp³-hybridized carbons (Fsp3) is 0.300. The summed E-state index contributed by atoms with van der Waals surface area (Å²) in [6, 6.07) is 12.0. The molecule has 1 heterocycles. The van der Waals surface area contributed by atoms with Gasteiger partial charge in [0.1, 0.15) is 5.75 Å². The Balaban J connectivity index is 1.82. The maximum atomic E-state index is 12.9. The van der Waals surface area contributed by atoms with Crippen molar-refractivity contribution >= 4 is 40.8 Å². The molecule has 0 saturated heterocycles. The largest absolute Gasteiger partial charge is 0.482 e. The van der Waals surface area contributed by atoms with Gasteiger partial charge in [0.15, 0.2) is 6.61 Å². The van der Waals surface area contributed by atoms with Gasteiger partial charge in [-0.15, -0.1) is 0 Å². The SMILES string of the molecule is COC(=O)C1CC(C)N(C(=O)COc2ccc(Cl)cc2Cl)c2ccccc21. The number of halogens is 2. The number of ether oxygens (including phenoxy) is 2. The van der Waals surface area contributed by atoms with Crippen LogP contribution in [-0.2, 0) is 14.3 Å². The summed E-state index contributed by atoms with van der Waals surface area (Å²) >= 11 is 12.0. The number of hydrogen-bond acceptors (Lipinski definition) is 4. The molecule has 1 amide bonds. The predicted molar refractivity (Wildman–Crippen MR) is 105 cm³/mol. The summed E-state index contributed by atoms with van der Waals surface area (Å²) in [7, 11) is 1.37. The Labute approximate surface area is 167 Å². The summed E-state index contributed by atoms with van der Waals surface area (Å²) in [4.78, 5) is 26.7. The van der Waals surface area contributed by atoms with Gasteiger partial charge in [-0.2, -0.15) is 0 Å². The first-order valence-electron chi connectivity index (χ1n) is 8.49. The topological polar surface area (TPSA) is 55.8 Å². The lowest BCUT2D eigenvalue weighted by molar-refractivity contribution is -0.143. The molecule has 0 spiro atoms. The van der Waals surface area contributed by atoms with Crippen LogP contribution in [0.3, 0.4) is 0 Å². The van der Waals surface area contributed by atoms with Crippen LogP contribution in [0, 0.1) is 0 Å². The van der Waals surface area contributed by atoms with Crippen LogP contribution in [0.5, 0.6) is 5.75 Å². The maximum Gasteiger partial charge on any atom is 0.313 e. The van der Waals surface area contributed by atoms with Crippen LogP contribution in [0.25, 0.3) is 0 Å². The number of methoxy groups -OCH3 is 1. The molecule has 7 heteroatoms. The third-order valence-corrected chi connectivity index (χ3v) is 5.12. The smallest absolute Gasteiger partial charge is 0.313 e. The Morgan fingerprint density at radius 2 is 1.93 bits per heavy atom. The third kappa shape index (κ3) is 4.04. The molecule has 0 saturated carbocycles. The van der Waals surface area contributed by atoms with Gasteiger partial charge in [0.05, 0.1) is 18.1 Å². The van der Waals surface area contributed by atoms with E-state index in [-0.39, 0.29) is 24.5 Å². The number of carbonyl (C=O) groups excluding carboxylic acids is 2. The number of nitrogens with zero attached hydrogens (tertiary/aromatic N) is 1. The minimum absolute atomic E-state index is 0.178. The summed E-state index contributed by atoms with van der Waals surface area (Å²) in [5.74, 6) is -0.522. The summed E-state index contributed by atoms with van der Waals surface area (Å²) in [6.07, 6.45) is 0.483. The lowest BCUT2D eigenvalue weighted by Crippen LogP contribution is -2.46. The van der Waals surface area contributed by atoms with Gasteiger partial charge >= 0.3 is 5.97 Å². The molecule has 5 nitrogen and oxygen atoms in total. The van der Waals surface area contributed by atoms with Crippen LogP contribution >= 0.6 is 23.2 Å². The van der Waals surface area contributed by atoms with Crippen LogP contribution in [-0.4, -0.2) is 31.6 Å². The molecule has 0 N–H and O–H groups in total. The zero-order chi connectivity index (χ0) is 19.6. The number of rotatable bonds is 4. The predicted octanol–water partition coefficient (Wildman–Crippen LogP) is 4.45. The second-order valence-corrected chi connectivity index (χ2v) is 7.19. The van der Waals surface area contributed by atoms with Gasteiger partial charge in [-0.3, -0.25) is 9.59 Å². The Kier molecular flexibility index (Phi) is 5.92. The van der Waals surface area contributed by atoms with Crippen molar-refractivity contribution in [3.05, 3.63) is 58.1 Å². The number of anilines is 1. The van der Waals surface area contributed by atoms with Crippen molar-refractivity contribution in [2.24, 2.45) is 0 Å². The van der Waals surface area contributed by atoms with Crippen molar-refractivity contribution in [2.75, 3.05) is 18.6 Å². The molecular formula is C20H19Cl2NO4. The minimum atomic E-state index is -0.392. The summed E-state index contributed by atoms with van der Waals surface area (Å²) in [5.41, 5.74) is 1.47. The molecule has 3 rings (SSSR count). The fourth-order valence-corrected chi connectivity index (χ4v) is 3.82. The summed E-state index contributed by atoms with van der Waals surface area (Å²) in [5, 5.41) is 0.833. The van der Waals surface area contributed by atoms with E-state index in [2.05, 4.69) is 0 Å². The number of esters is 1. The van der Waals surface area contributed by atoms with E-state index < -0.39 is 5.92 Å². The zero-order valence-electron chi connectivity index (χ0n) is 14.9. The van der Waals surface area contributed by atoms with Gasteiger partial charge in [0.25, 0.3) is 5.91 Å². The lowest BCUT2D eigenvalue weighted by Gasteiger charge is -2.38. The second-order valence-electron chi connectivity index (χ2n) is 6.35. The quantitative estimate of drug-likeness (QED) is 0.702. The van der Waals surface area contributed by atoms with Crippen molar-refractivity contribution in [1.29, 1.82) is 0 Å². The molecule has 0 fully saturated rings. The van der Waals surface area contributed by atoms with Crippen molar-refractivity contribution < 1.29 is 19.1 Å². The van der Waals surface area contributed by atoms with Crippen molar-refractivity contribution in [3.8, 4) is 5.75 Å². The van der Waals surface area contributed by atoms with E-state index >= 15 is 0 Å². The molecule has 0 aliphatic carbocycles. The Bertz CT molecular complexity index is 871. The fourth-order valence-electron chi connectivity index (χ4n) is 3.36. The molecule has 2 aromatic rings. The highest BCUT2D eigenvalue weighted by Crippen LogP contribution is 2.39. The number of carbonyl (C=O) groups is 2. The normalized spacial score (nSPS) is 18.6. The summed E-state index contributed by atoms with van der Waals surface area (Å²) < 4.78 is 10.5. The van der Waals surface area contributed by atoms with Gasteiger partial charge in [0.2, 0.25) is 0 Å². The highest BCUT2D eigenvalue weighted by Gasteiger charge is 2.37. The first-order chi connectivity index (χ1) is 12.9. The standard InChI is InChI=1S/C20H19Cl2NO4/c1-12-9-15(20(25)26-2)14-5-3-4-6-17(14)23(12)19(24)11-27-18-8-7-13(21)10-16(18)22/h3-8,10,12,15H,9,11H2,1-2H3. The van der Waals surface area contributed by atoms with E-state index in [0.717, 1.165) is 5.56 Å². The molecule has 27 heavy (non-hydrogen) atoms. The summed E-state index contributed by atoms with van der Waals surface area (Å²) in [6.45, 7) is 1.72. The van der Waals surface area contributed by atoms with Crippen LogP contribution in [0.4, 0.5) is 5.69 Å². The highest BCUT2D eigenvalue weighted by atomic mass is 35.5.